The van der Waals surface area contributed by atoms with Crippen LogP contribution in [-0.2, 0) is 4.57 Å². The first-order valence-electron chi connectivity index (χ1n) is 9.79. The number of rotatable bonds is 10. The normalized spacial score (nSPS) is 19.9. The van der Waals surface area contributed by atoms with Crippen molar-refractivity contribution in [1.29, 1.82) is 0 Å². The molecule has 1 aliphatic rings. The topological polar surface area (TPSA) is 88.0 Å². The molecule has 27 heavy (non-hydrogen) atoms. The molecule has 7 heteroatoms. The molecule has 3 atom stereocenters. The minimum absolute atomic E-state index is 0.0632. The summed E-state index contributed by atoms with van der Waals surface area (Å²) in [6.07, 6.45) is 4.98. The fourth-order valence-corrected chi connectivity index (χ4v) is 6.07. The lowest BCUT2D eigenvalue weighted by atomic mass is 9.91. The number of ether oxygens (including phenoxy) is 2. The van der Waals surface area contributed by atoms with Gasteiger partial charge in [0.15, 0.2) is 0 Å². The van der Waals surface area contributed by atoms with E-state index in [1.807, 2.05) is 25.1 Å². The molecule has 6 nitrogen and oxygen atoms in total. The Bertz CT molecular complexity index is 611. The molecule has 0 aromatic heterocycles. The first kappa shape index (κ1) is 22.2. The summed E-state index contributed by atoms with van der Waals surface area (Å²) in [5, 5.41) is 13.5. The molecule has 0 spiro atoms. The molecule has 0 heterocycles. The Morgan fingerprint density at radius 3 is 2.33 bits per heavy atom. The van der Waals surface area contributed by atoms with Gasteiger partial charge in [0.2, 0.25) is 7.37 Å². The Morgan fingerprint density at radius 2 is 1.78 bits per heavy atom. The van der Waals surface area contributed by atoms with Gasteiger partial charge in [-0.1, -0.05) is 25.3 Å². The van der Waals surface area contributed by atoms with Crippen LogP contribution < -0.4 is 14.8 Å². The van der Waals surface area contributed by atoms with E-state index in [1.165, 1.54) is 6.42 Å². The van der Waals surface area contributed by atoms with Crippen molar-refractivity contribution in [2.24, 2.45) is 5.92 Å². The van der Waals surface area contributed by atoms with Crippen molar-refractivity contribution in [2.45, 2.75) is 51.2 Å². The van der Waals surface area contributed by atoms with Crippen LogP contribution in [0, 0.1) is 5.92 Å². The smallest absolute Gasteiger partial charge is 0.203 e. The average molecular weight is 399 g/mol. The molecule has 3 N–H and O–H groups in total. The molecule has 0 bridgehead atoms. The number of methoxy groups -OCH3 is 2. The van der Waals surface area contributed by atoms with E-state index >= 15 is 0 Å². The molecular weight excluding hydrogens is 365 g/mol. The van der Waals surface area contributed by atoms with E-state index in [1.54, 1.807) is 14.2 Å². The van der Waals surface area contributed by atoms with Crippen LogP contribution in [0.2, 0.25) is 0 Å². The predicted molar refractivity (Wildman–Crippen MR) is 108 cm³/mol. The van der Waals surface area contributed by atoms with Crippen LogP contribution in [0.25, 0.3) is 0 Å². The Morgan fingerprint density at radius 1 is 1.19 bits per heavy atom. The Hall–Kier alpha value is -1.07. The standard InChI is InChI=1S/C20H34NO5P/c1-15(20-18(25-2)10-7-11-19(20)26-3)21-12-17(22)14-27(23,24)13-16-8-5-4-6-9-16/h7,10-11,15-17,21-22H,4-6,8-9,12-14H2,1-3H3,(H,23,24)/t15?,17-/m1/s1. The Balaban J connectivity index is 1.89. The predicted octanol–water partition coefficient (Wildman–Crippen LogP) is 3.57. The van der Waals surface area contributed by atoms with Crippen molar-refractivity contribution in [3.8, 4) is 11.5 Å². The third-order valence-corrected chi connectivity index (χ3v) is 7.40. The molecule has 0 amide bonds. The van der Waals surface area contributed by atoms with E-state index in [-0.39, 0.29) is 18.7 Å². The van der Waals surface area contributed by atoms with Crippen molar-refractivity contribution in [2.75, 3.05) is 33.1 Å². The van der Waals surface area contributed by atoms with Gasteiger partial charge >= 0.3 is 0 Å². The fourth-order valence-electron chi connectivity index (χ4n) is 3.96. The van der Waals surface area contributed by atoms with Crippen molar-refractivity contribution in [3.63, 3.8) is 0 Å². The molecular formula is C20H34NO5P. The van der Waals surface area contributed by atoms with Gasteiger partial charge in [-0.3, -0.25) is 4.57 Å². The van der Waals surface area contributed by atoms with Gasteiger partial charge in [-0.25, -0.2) is 0 Å². The largest absolute Gasteiger partial charge is 0.496 e. The molecule has 0 saturated heterocycles. The zero-order chi connectivity index (χ0) is 19.9. The van der Waals surface area contributed by atoms with Crippen LogP contribution >= 0.6 is 7.37 Å². The molecule has 2 rings (SSSR count). The highest BCUT2D eigenvalue weighted by Gasteiger charge is 2.28. The van der Waals surface area contributed by atoms with E-state index in [0.29, 0.717) is 23.6 Å². The Labute approximate surface area is 162 Å². The van der Waals surface area contributed by atoms with E-state index in [0.717, 1.165) is 31.2 Å². The molecule has 1 aliphatic carbocycles. The van der Waals surface area contributed by atoms with E-state index in [4.69, 9.17) is 9.47 Å². The summed E-state index contributed by atoms with van der Waals surface area (Å²) >= 11 is 0. The maximum atomic E-state index is 12.5. The number of benzene rings is 1. The molecule has 1 aromatic rings. The number of nitrogens with one attached hydrogen (secondary N) is 1. The van der Waals surface area contributed by atoms with Gasteiger partial charge in [0.1, 0.15) is 11.5 Å². The molecule has 1 fully saturated rings. The SMILES string of the molecule is COc1cccc(OC)c1C(C)NC[C@@H](O)CP(=O)(O)CC1CCCCC1. The highest BCUT2D eigenvalue weighted by molar-refractivity contribution is 7.58. The molecule has 154 valence electrons. The van der Waals surface area contributed by atoms with Crippen LogP contribution in [0.1, 0.15) is 50.6 Å². The summed E-state index contributed by atoms with van der Waals surface area (Å²) in [4.78, 5) is 10.3. The van der Waals surface area contributed by atoms with Crippen LogP contribution in [-0.4, -0.2) is 49.2 Å². The van der Waals surface area contributed by atoms with Gasteiger partial charge in [-0.2, -0.15) is 0 Å². The van der Waals surface area contributed by atoms with E-state index in [9.17, 15) is 14.6 Å². The first-order valence-corrected chi connectivity index (χ1v) is 11.8. The lowest BCUT2D eigenvalue weighted by Crippen LogP contribution is -2.32. The second-order valence-corrected chi connectivity index (χ2v) is 10.00. The second-order valence-electron chi connectivity index (χ2n) is 7.58. The summed E-state index contributed by atoms with van der Waals surface area (Å²) in [6, 6.07) is 5.44. The number of hydrogen-bond acceptors (Lipinski definition) is 5. The van der Waals surface area contributed by atoms with Crippen molar-refractivity contribution in [3.05, 3.63) is 23.8 Å². The van der Waals surface area contributed by atoms with Crippen LogP contribution in [0.4, 0.5) is 0 Å². The molecule has 1 aromatic carbocycles. The first-order chi connectivity index (χ1) is 12.9. The minimum atomic E-state index is -3.32. The lowest BCUT2D eigenvalue weighted by Gasteiger charge is -2.26. The zero-order valence-electron chi connectivity index (χ0n) is 16.7. The third-order valence-electron chi connectivity index (χ3n) is 5.32. The maximum absolute atomic E-state index is 12.5. The zero-order valence-corrected chi connectivity index (χ0v) is 17.6. The van der Waals surface area contributed by atoms with Crippen LogP contribution in [0.5, 0.6) is 11.5 Å². The van der Waals surface area contributed by atoms with Gasteiger partial charge in [0.25, 0.3) is 0 Å². The number of hydrogen-bond donors (Lipinski definition) is 3. The summed E-state index contributed by atoms with van der Waals surface area (Å²) < 4.78 is 23.4. The lowest BCUT2D eigenvalue weighted by molar-refractivity contribution is 0.185. The average Bonchev–Trinajstić information content (AvgIpc) is 2.65. The molecule has 0 radical (unpaired) electrons. The van der Waals surface area contributed by atoms with E-state index < -0.39 is 13.5 Å². The summed E-state index contributed by atoms with van der Waals surface area (Å²) in [7, 11) is -0.110. The van der Waals surface area contributed by atoms with E-state index in [2.05, 4.69) is 5.32 Å². The van der Waals surface area contributed by atoms with Gasteiger partial charge < -0.3 is 24.8 Å². The minimum Gasteiger partial charge on any atom is -0.496 e. The summed E-state index contributed by atoms with van der Waals surface area (Å²) in [5.41, 5.74) is 0.865. The van der Waals surface area contributed by atoms with Crippen molar-refractivity contribution >= 4 is 7.37 Å². The molecule has 2 unspecified atom stereocenters. The van der Waals surface area contributed by atoms with Crippen LogP contribution in [0.3, 0.4) is 0 Å². The summed E-state index contributed by atoms with van der Waals surface area (Å²) in [5.74, 6) is 1.73. The number of aliphatic hydroxyl groups is 1. The summed E-state index contributed by atoms with van der Waals surface area (Å²) in [6.45, 7) is 2.19. The van der Waals surface area contributed by atoms with Crippen LogP contribution in [0.15, 0.2) is 18.2 Å². The maximum Gasteiger partial charge on any atom is 0.203 e. The second kappa shape index (κ2) is 10.5. The van der Waals surface area contributed by atoms with Gasteiger partial charge in [-0.05, 0) is 37.8 Å². The Kier molecular flexibility index (Phi) is 8.62. The van der Waals surface area contributed by atoms with Crippen molar-refractivity contribution < 1.29 is 24.0 Å². The quantitative estimate of drug-likeness (QED) is 0.522. The molecule has 0 aliphatic heterocycles. The van der Waals surface area contributed by atoms with Gasteiger partial charge in [0.05, 0.1) is 32.0 Å². The third kappa shape index (κ3) is 6.79. The molecule has 1 saturated carbocycles. The number of aliphatic hydroxyl groups excluding tert-OH is 1. The highest BCUT2D eigenvalue weighted by atomic mass is 31.2. The highest BCUT2D eigenvalue weighted by Crippen LogP contribution is 2.46. The monoisotopic (exact) mass is 399 g/mol. The van der Waals surface area contributed by atoms with Crippen molar-refractivity contribution in [1.82, 2.24) is 5.32 Å². The van der Waals surface area contributed by atoms with Gasteiger partial charge in [-0.15, -0.1) is 0 Å². The fraction of sp³-hybridized carbons (Fsp3) is 0.700. The van der Waals surface area contributed by atoms with Gasteiger partial charge in [0, 0.05) is 18.7 Å².